The van der Waals surface area contributed by atoms with Crippen LogP contribution in [0.15, 0.2) is 24.3 Å². The van der Waals surface area contributed by atoms with Gasteiger partial charge in [-0.15, -0.1) is 0 Å². The molecule has 5 atom stereocenters. The number of hydrogen-bond acceptors (Lipinski definition) is 6. The lowest BCUT2D eigenvalue weighted by Crippen LogP contribution is -2.40. The maximum atomic E-state index is 12.3. The van der Waals surface area contributed by atoms with Crippen molar-refractivity contribution in [1.82, 2.24) is 0 Å². The highest BCUT2D eigenvalue weighted by Crippen LogP contribution is 2.34. The van der Waals surface area contributed by atoms with Crippen molar-refractivity contribution >= 4 is 11.8 Å². The number of esters is 1. The van der Waals surface area contributed by atoms with Crippen LogP contribution in [0.5, 0.6) is 0 Å². The van der Waals surface area contributed by atoms with Crippen LogP contribution in [0, 0.1) is 11.8 Å². The Labute approximate surface area is 175 Å². The number of carbonyl (C=O) groups excluding carboxylic acids is 2. The van der Waals surface area contributed by atoms with E-state index in [0.717, 1.165) is 25.7 Å². The SMILES string of the molecule is CCCC[C@@](C)(OC)[C@H](O)/C=C/C1[C@H](O)CC(=O)[C@@H]1C/C=C\CCCC(=O)OC. The molecule has 1 saturated carbocycles. The van der Waals surface area contributed by atoms with Crippen molar-refractivity contribution in [3.63, 3.8) is 0 Å². The molecule has 1 fully saturated rings. The lowest BCUT2D eigenvalue weighted by molar-refractivity contribution is -0.140. The molecular weight excluding hydrogens is 372 g/mol. The summed E-state index contributed by atoms with van der Waals surface area (Å²) in [5.41, 5.74) is -0.685. The molecule has 6 heteroatoms. The van der Waals surface area contributed by atoms with Gasteiger partial charge in [-0.25, -0.2) is 0 Å². The van der Waals surface area contributed by atoms with E-state index in [1.165, 1.54) is 7.11 Å². The summed E-state index contributed by atoms with van der Waals surface area (Å²) in [6, 6.07) is 0. The summed E-state index contributed by atoms with van der Waals surface area (Å²) in [5, 5.41) is 20.9. The van der Waals surface area contributed by atoms with E-state index in [1.807, 2.05) is 19.1 Å². The number of ether oxygens (including phenoxy) is 2. The van der Waals surface area contributed by atoms with Gasteiger partial charge in [0.1, 0.15) is 11.9 Å². The molecule has 29 heavy (non-hydrogen) atoms. The Morgan fingerprint density at radius 3 is 2.66 bits per heavy atom. The van der Waals surface area contributed by atoms with Crippen LogP contribution in [0.2, 0.25) is 0 Å². The maximum Gasteiger partial charge on any atom is 0.305 e. The number of hydrogen-bond donors (Lipinski definition) is 2. The summed E-state index contributed by atoms with van der Waals surface area (Å²) in [5.74, 6) is -0.793. The smallest absolute Gasteiger partial charge is 0.305 e. The summed E-state index contributed by atoms with van der Waals surface area (Å²) in [7, 11) is 2.97. The fourth-order valence-electron chi connectivity index (χ4n) is 3.69. The third-order valence-electron chi connectivity index (χ3n) is 5.90. The zero-order chi connectivity index (χ0) is 21.9. The molecule has 0 amide bonds. The van der Waals surface area contributed by atoms with Crippen molar-refractivity contribution in [3.8, 4) is 0 Å². The first-order chi connectivity index (χ1) is 13.8. The minimum Gasteiger partial charge on any atom is -0.469 e. The number of aliphatic hydroxyl groups excluding tert-OH is 2. The zero-order valence-electron chi connectivity index (χ0n) is 18.3. The Morgan fingerprint density at radius 2 is 2.03 bits per heavy atom. The number of Topliss-reactive ketones (excluding diaryl/α,β-unsaturated/α-hetero) is 1. The van der Waals surface area contributed by atoms with Crippen LogP contribution in [-0.2, 0) is 19.1 Å². The lowest BCUT2D eigenvalue weighted by atomic mass is 9.87. The lowest BCUT2D eigenvalue weighted by Gasteiger charge is -2.32. The van der Waals surface area contributed by atoms with E-state index in [4.69, 9.17) is 4.74 Å². The molecule has 2 N–H and O–H groups in total. The molecular formula is C23H38O6. The van der Waals surface area contributed by atoms with Gasteiger partial charge in [-0.1, -0.05) is 44.1 Å². The van der Waals surface area contributed by atoms with Gasteiger partial charge in [0.2, 0.25) is 0 Å². The van der Waals surface area contributed by atoms with Gasteiger partial charge in [-0.05, 0) is 32.6 Å². The Bertz CT molecular complexity index is 570. The summed E-state index contributed by atoms with van der Waals surface area (Å²) in [6.07, 6.45) is 11.0. The average Bonchev–Trinajstić information content (AvgIpc) is 2.98. The number of ketones is 1. The fourth-order valence-corrected chi connectivity index (χ4v) is 3.69. The largest absolute Gasteiger partial charge is 0.469 e. The quantitative estimate of drug-likeness (QED) is 0.275. The van der Waals surface area contributed by atoms with Crippen molar-refractivity contribution in [1.29, 1.82) is 0 Å². The van der Waals surface area contributed by atoms with Gasteiger partial charge in [-0.3, -0.25) is 9.59 Å². The molecule has 0 heterocycles. The number of unbranched alkanes of at least 4 members (excludes halogenated alkanes) is 2. The molecule has 0 aromatic carbocycles. The van der Waals surface area contributed by atoms with Crippen LogP contribution in [0.1, 0.15) is 65.2 Å². The Morgan fingerprint density at radius 1 is 1.31 bits per heavy atom. The van der Waals surface area contributed by atoms with Crippen LogP contribution in [0.3, 0.4) is 0 Å². The monoisotopic (exact) mass is 410 g/mol. The van der Waals surface area contributed by atoms with E-state index in [0.29, 0.717) is 19.3 Å². The second-order valence-corrected chi connectivity index (χ2v) is 8.05. The van der Waals surface area contributed by atoms with E-state index in [2.05, 4.69) is 11.7 Å². The van der Waals surface area contributed by atoms with Crippen molar-refractivity contribution in [3.05, 3.63) is 24.3 Å². The number of aliphatic hydroxyl groups is 2. The summed E-state index contributed by atoms with van der Waals surface area (Å²) >= 11 is 0. The summed E-state index contributed by atoms with van der Waals surface area (Å²) < 4.78 is 10.1. The molecule has 1 unspecified atom stereocenters. The molecule has 0 aromatic heterocycles. The third kappa shape index (κ3) is 8.03. The van der Waals surface area contributed by atoms with E-state index < -0.39 is 17.8 Å². The first-order valence-corrected chi connectivity index (χ1v) is 10.6. The Balaban J connectivity index is 2.66. The molecule has 6 nitrogen and oxygen atoms in total. The van der Waals surface area contributed by atoms with Gasteiger partial charge in [0.15, 0.2) is 0 Å². The van der Waals surface area contributed by atoms with Gasteiger partial charge in [0, 0.05) is 31.8 Å². The standard InChI is InChI=1S/C23H38O6/c1-5-6-15-23(2,29-4)21(26)14-13-18-17(19(24)16-20(18)25)11-9-7-8-10-12-22(27)28-3/h7,9,13-14,17-18,20-21,25-26H,5-6,8,10-12,15-16H2,1-4H3/b9-7-,14-13+/t17-,18?,20-,21-,23-/m1/s1. The molecule has 0 saturated heterocycles. The predicted octanol–water partition coefficient (Wildman–Crippen LogP) is 3.35. The van der Waals surface area contributed by atoms with E-state index >= 15 is 0 Å². The Hall–Kier alpha value is -1.50. The second-order valence-electron chi connectivity index (χ2n) is 8.05. The van der Waals surface area contributed by atoms with Gasteiger partial charge in [0.25, 0.3) is 0 Å². The zero-order valence-corrected chi connectivity index (χ0v) is 18.3. The van der Waals surface area contributed by atoms with Crippen LogP contribution in [-0.4, -0.2) is 54.0 Å². The molecule has 1 aliphatic carbocycles. The average molecular weight is 411 g/mol. The van der Waals surface area contributed by atoms with E-state index in [9.17, 15) is 19.8 Å². The van der Waals surface area contributed by atoms with Gasteiger partial charge < -0.3 is 19.7 Å². The van der Waals surface area contributed by atoms with E-state index in [-0.39, 0.29) is 30.0 Å². The molecule has 0 aromatic rings. The van der Waals surface area contributed by atoms with Crippen molar-refractivity contribution < 1.29 is 29.3 Å². The second kappa shape index (κ2) is 12.9. The molecule has 0 bridgehead atoms. The highest BCUT2D eigenvalue weighted by molar-refractivity contribution is 5.84. The van der Waals surface area contributed by atoms with Gasteiger partial charge >= 0.3 is 5.97 Å². The molecule has 1 aliphatic rings. The van der Waals surface area contributed by atoms with Gasteiger partial charge in [-0.2, -0.15) is 0 Å². The van der Waals surface area contributed by atoms with Gasteiger partial charge in [0.05, 0.1) is 18.8 Å². The fraction of sp³-hybridized carbons (Fsp3) is 0.739. The molecule has 0 radical (unpaired) electrons. The minimum atomic E-state index is -0.809. The van der Waals surface area contributed by atoms with Crippen LogP contribution in [0.25, 0.3) is 0 Å². The maximum absolute atomic E-state index is 12.3. The summed E-state index contributed by atoms with van der Waals surface area (Å²) in [6.45, 7) is 3.97. The number of rotatable bonds is 13. The van der Waals surface area contributed by atoms with E-state index in [1.54, 1.807) is 19.3 Å². The first kappa shape index (κ1) is 25.5. The van der Waals surface area contributed by atoms with Crippen molar-refractivity contribution in [2.24, 2.45) is 11.8 Å². The molecule has 0 spiro atoms. The topological polar surface area (TPSA) is 93.1 Å². The van der Waals surface area contributed by atoms with Crippen LogP contribution < -0.4 is 0 Å². The molecule has 166 valence electrons. The van der Waals surface area contributed by atoms with Crippen molar-refractivity contribution in [2.75, 3.05) is 14.2 Å². The highest BCUT2D eigenvalue weighted by atomic mass is 16.5. The molecule has 1 rings (SSSR count). The first-order valence-electron chi connectivity index (χ1n) is 10.6. The normalized spacial score (nSPS) is 25.6. The number of methoxy groups -OCH3 is 2. The van der Waals surface area contributed by atoms with Crippen molar-refractivity contribution in [2.45, 2.75) is 83.0 Å². The molecule has 0 aliphatic heterocycles. The highest BCUT2D eigenvalue weighted by Gasteiger charge is 2.39. The number of carbonyl (C=O) groups is 2. The number of allylic oxidation sites excluding steroid dienone is 2. The van der Waals surface area contributed by atoms with Crippen LogP contribution in [0.4, 0.5) is 0 Å². The Kier molecular flexibility index (Phi) is 11.4. The third-order valence-corrected chi connectivity index (χ3v) is 5.90. The summed E-state index contributed by atoms with van der Waals surface area (Å²) in [4.78, 5) is 23.4. The van der Waals surface area contributed by atoms with Crippen LogP contribution >= 0.6 is 0 Å². The minimum absolute atomic E-state index is 0.0429. The predicted molar refractivity (Wildman–Crippen MR) is 112 cm³/mol.